The van der Waals surface area contributed by atoms with Crippen LogP contribution in [0.5, 0.6) is 0 Å². The highest BCUT2D eigenvalue weighted by molar-refractivity contribution is 5.93. The number of benzene rings is 1. The summed E-state index contributed by atoms with van der Waals surface area (Å²) in [5.41, 5.74) is 5.24. The van der Waals surface area contributed by atoms with Gasteiger partial charge in [0.2, 0.25) is 0 Å². The number of cyclic esters (lactones) is 1. The van der Waals surface area contributed by atoms with Gasteiger partial charge in [-0.25, -0.2) is 14.8 Å². The van der Waals surface area contributed by atoms with Crippen molar-refractivity contribution in [3.63, 3.8) is 0 Å². The van der Waals surface area contributed by atoms with Gasteiger partial charge in [0, 0.05) is 31.3 Å². The molecule has 0 radical (unpaired) electrons. The molecule has 0 atom stereocenters. The van der Waals surface area contributed by atoms with Crippen LogP contribution in [0.25, 0.3) is 0 Å². The fourth-order valence-electron chi connectivity index (χ4n) is 5.49. The highest BCUT2D eigenvalue weighted by Gasteiger charge is 2.37. The summed E-state index contributed by atoms with van der Waals surface area (Å²) in [5.74, 6) is 0.688. The first-order valence-electron chi connectivity index (χ1n) is 11.5. The SMILES string of the molecule is Cc1c(CCN2CCC3(CC2)CCN(c2cc(C#N)ncn2)CC3)ccc2c1COC2=O. The number of anilines is 1. The highest BCUT2D eigenvalue weighted by atomic mass is 16.5. The molecule has 32 heavy (non-hydrogen) atoms. The van der Waals surface area contributed by atoms with Crippen LogP contribution in [-0.4, -0.2) is 53.6 Å². The van der Waals surface area contributed by atoms with Gasteiger partial charge >= 0.3 is 5.97 Å². The molecule has 0 saturated carbocycles. The quantitative estimate of drug-likeness (QED) is 0.687. The Labute approximate surface area is 189 Å². The number of rotatable bonds is 4. The molecule has 5 rings (SSSR count). The molecule has 3 aliphatic rings. The Morgan fingerprint density at radius 3 is 2.62 bits per heavy atom. The number of hydrogen-bond donors (Lipinski definition) is 0. The molecule has 2 saturated heterocycles. The van der Waals surface area contributed by atoms with Crippen molar-refractivity contribution >= 4 is 11.8 Å². The molecule has 1 spiro atoms. The number of carbonyl (C=O) groups is 1. The Morgan fingerprint density at radius 2 is 1.88 bits per heavy atom. The summed E-state index contributed by atoms with van der Waals surface area (Å²) in [4.78, 5) is 25.0. The zero-order valence-corrected chi connectivity index (χ0v) is 18.6. The summed E-state index contributed by atoms with van der Waals surface area (Å²) in [6, 6.07) is 7.94. The monoisotopic (exact) mass is 431 g/mol. The lowest BCUT2D eigenvalue weighted by atomic mass is 9.71. The third-order valence-corrected chi connectivity index (χ3v) is 7.81. The number of likely N-dealkylation sites (tertiary alicyclic amines) is 1. The molecule has 1 aromatic carbocycles. The lowest BCUT2D eigenvalue weighted by Crippen LogP contribution is -2.47. The van der Waals surface area contributed by atoms with Crippen molar-refractivity contribution in [3.8, 4) is 6.07 Å². The Balaban J connectivity index is 1.13. The van der Waals surface area contributed by atoms with Crippen molar-refractivity contribution in [3.05, 3.63) is 52.5 Å². The number of nitrogens with zero attached hydrogens (tertiary/aromatic N) is 5. The van der Waals surface area contributed by atoms with E-state index in [1.165, 1.54) is 43.1 Å². The number of fused-ring (bicyclic) bond motifs is 1. The highest BCUT2D eigenvalue weighted by Crippen LogP contribution is 2.42. The second kappa shape index (κ2) is 8.51. The Morgan fingerprint density at radius 1 is 1.12 bits per heavy atom. The molecule has 3 aliphatic heterocycles. The standard InChI is InChI=1S/C25H29N5O2/c1-18-19(2-3-21-22(18)16-32-24(21)31)4-9-29-10-5-25(6-11-29)7-12-30(13-8-25)23-14-20(15-26)27-17-28-23/h2-3,14,17H,4-13,16H2,1H3. The van der Waals surface area contributed by atoms with Gasteiger partial charge in [-0.3, -0.25) is 0 Å². The zero-order valence-electron chi connectivity index (χ0n) is 18.6. The third-order valence-electron chi connectivity index (χ3n) is 7.81. The molecule has 0 N–H and O–H groups in total. The minimum Gasteiger partial charge on any atom is -0.457 e. The van der Waals surface area contributed by atoms with E-state index in [4.69, 9.17) is 10.00 Å². The van der Waals surface area contributed by atoms with Crippen LogP contribution in [0.15, 0.2) is 24.5 Å². The molecular weight excluding hydrogens is 402 g/mol. The van der Waals surface area contributed by atoms with Gasteiger partial charge in [-0.1, -0.05) is 6.07 Å². The predicted molar refractivity (Wildman–Crippen MR) is 120 cm³/mol. The van der Waals surface area contributed by atoms with Crippen LogP contribution in [0.2, 0.25) is 0 Å². The molecule has 0 aliphatic carbocycles. The first kappa shape index (κ1) is 20.9. The summed E-state index contributed by atoms with van der Waals surface area (Å²) in [6.45, 7) is 7.90. The maximum Gasteiger partial charge on any atom is 0.338 e. The molecule has 0 amide bonds. The summed E-state index contributed by atoms with van der Waals surface area (Å²) in [5, 5.41) is 9.08. The first-order chi connectivity index (χ1) is 15.6. The molecule has 0 unspecified atom stereocenters. The van der Waals surface area contributed by atoms with E-state index in [9.17, 15) is 4.79 Å². The van der Waals surface area contributed by atoms with Gasteiger partial charge in [0.25, 0.3) is 0 Å². The van der Waals surface area contributed by atoms with Crippen molar-refractivity contribution in [1.29, 1.82) is 5.26 Å². The van der Waals surface area contributed by atoms with Crippen molar-refractivity contribution in [2.24, 2.45) is 5.41 Å². The van der Waals surface area contributed by atoms with E-state index in [1.807, 2.05) is 6.07 Å². The van der Waals surface area contributed by atoms with Crippen LogP contribution < -0.4 is 4.90 Å². The van der Waals surface area contributed by atoms with Gasteiger partial charge < -0.3 is 14.5 Å². The fourth-order valence-corrected chi connectivity index (χ4v) is 5.49. The number of hydrogen-bond acceptors (Lipinski definition) is 7. The minimum absolute atomic E-state index is 0.188. The van der Waals surface area contributed by atoms with Crippen LogP contribution in [0.1, 0.15) is 58.4 Å². The van der Waals surface area contributed by atoms with Crippen LogP contribution in [-0.2, 0) is 17.8 Å². The number of piperidine rings is 2. The van der Waals surface area contributed by atoms with Crippen molar-refractivity contribution in [2.45, 2.75) is 45.6 Å². The van der Waals surface area contributed by atoms with Gasteiger partial charge in [-0.2, -0.15) is 5.26 Å². The third kappa shape index (κ3) is 3.95. The number of aromatic nitrogens is 2. The number of carbonyl (C=O) groups excluding carboxylic acids is 1. The zero-order chi connectivity index (χ0) is 22.1. The van der Waals surface area contributed by atoms with E-state index in [2.05, 4.69) is 38.8 Å². The molecule has 1 aromatic heterocycles. The van der Waals surface area contributed by atoms with E-state index in [0.717, 1.165) is 56.1 Å². The number of nitriles is 1. The molecule has 2 fully saturated rings. The topological polar surface area (TPSA) is 82.3 Å². The summed E-state index contributed by atoms with van der Waals surface area (Å²) >= 11 is 0. The van der Waals surface area contributed by atoms with Gasteiger partial charge in [-0.05, 0) is 74.7 Å². The molecule has 2 aromatic rings. The first-order valence-corrected chi connectivity index (χ1v) is 11.5. The van der Waals surface area contributed by atoms with Crippen LogP contribution in [0, 0.1) is 23.7 Å². The second-order valence-electron chi connectivity index (χ2n) is 9.40. The Kier molecular flexibility index (Phi) is 5.56. The normalized spacial score (nSPS) is 20.1. The molecule has 4 heterocycles. The van der Waals surface area contributed by atoms with E-state index >= 15 is 0 Å². The summed E-state index contributed by atoms with van der Waals surface area (Å²) in [6.07, 6.45) is 7.38. The fraction of sp³-hybridized carbons (Fsp3) is 0.520. The smallest absolute Gasteiger partial charge is 0.338 e. The van der Waals surface area contributed by atoms with Crippen molar-refractivity contribution < 1.29 is 9.53 Å². The van der Waals surface area contributed by atoms with Crippen LogP contribution in [0.4, 0.5) is 5.82 Å². The largest absolute Gasteiger partial charge is 0.457 e. The second-order valence-corrected chi connectivity index (χ2v) is 9.40. The maximum atomic E-state index is 11.8. The van der Waals surface area contributed by atoms with E-state index in [-0.39, 0.29) is 5.97 Å². The van der Waals surface area contributed by atoms with Crippen molar-refractivity contribution in [2.75, 3.05) is 37.6 Å². The Hall–Kier alpha value is -2.98. The number of esters is 1. The molecule has 0 bridgehead atoms. The van der Waals surface area contributed by atoms with Crippen LogP contribution in [0.3, 0.4) is 0 Å². The lowest BCUT2D eigenvalue weighted by Gasteiger charge is -2.47. The van der Waals surface area contributed by atoms with E-state index in [0.29, 0.717) is 17.7 Å². The summed E-state index contributed by atoms with van der Waals surface area (Å²) < 4.78 is 5.19. The average Bonchev–Trinajstić information content (AvgIpc) is 3.22. The molecule has 7 heteroatoms. The lowest BCUT2D eigenvalue weighted by molar-refractivity contribution is 0.0535. The van der Waals surface area contributed by atoms with E-state index < -0.39 is 0 Å². The van der Waals surface area contributed by atoms with Gasteiger partial charge in [0.1, 0.15) is 30.5 Å². The maximum absolute atomic E-state index is 11.8. The number of ether oxygens (including phenoxy) is 1. The van der Waals surface area contributed by atoms with Gasteiger partial charge in [-0.15, -0.1) is 0 Å². The molecule has 166 valence electrons. The Bertz CT molecular complexity index is 1060. The minimum atomic E-state index is -0.188. The van der Waals surface area contributed by atoms with Gasteiger partial charge in [0.15, 0.2) is 0 Å². The van der Waals surface area contributed by atoms with Crippen LogP contribution >= 0.6 is 0 Å². The molecular formula is C25H29N5O2. The average molecular weight is 432 g/mol. The molecule has 7 nitrogen and oxygen atoms in total. The van der Waals surface area contributed by atoms with Crippen molar-refractivity contribution in [1.82, 2.24) is 14.9 Å². The summed E-state index contributed by atoms with van der Waals surface area (Å²) in [7, 11) is 0. The van der Waals surface area contributed by atoms with E-state index in [1.54, 1.807) is 6.07 Å². The predicted octanol–water partition coefficient (Wildman–Crippen LogP) is 3.25. The van der Waals surface area contributed by atoms with Gasteiger partial charge in [0.05, 0.1) is 5.56 Å².